The molecule has 6 nitrogen and oxygen atoms in total. The van der Waals surface area contributed by atoms with Crippen LogP contribution < -0.4 is 10.6 Å². The number of nitrogens with one attached hydrogen (secondary N) is 2. The molecule has 2 aliphatic heterocycles. The summed E-state index contributed by atoms with van der Waals surface area (Å²) < 4.78 is 18.7. The summed E-state index contributed by atoms with van der Waals surface area (Å²) >= 11 is 0. The molecule has 0 aromatic heterocycles. The highest BCUT2D eigenvalue weighted by molar-refractivity contribution is 6.47. The number of benzene rings is 1. The fourth-order valence-corrected chi connectivity index (χ4v) is 6.59. The molecular weight excluding hydrogens is 403 g/mol. The number of ether oxygens (including phenoxy) is 1. The van der Waals surface area contributed by atoms with Crippen LogP contribution in [-0.2, 0) is 20.5 Å². The Kier molecular flexibility index (Phi) is 6.02. The fraction of sp³-hybridized carbons (Fsp3) is 0.720. The van der Waals surface area contributed by atoms with Gasteiger partial charge in [0, 0.05) is 6.04 Å². The van der Waals surface area contributed by atoms with Crippen molar-refractivity contribution in [3.8, 4) is 0 Å². The molecule has 0 unspecified atom stereocenters. The van der Waals surface area contributed by atoms with Gasteiger partial charge >= 0.3 is 13.2 Å². The van der Waals surface area contributed by atoms with E-state index in [2.05, 4.69) is 43.5 Å². The van der Waals surface area contributed by atoms with Gasteiger partial charge < -0.3 is 24.7 Å². The maximum atomic E-state index is 12.7. The van der Waals surface area contributed by atoms with Crippen molar-refractivity contribution < 1.29 is 18.8 Å². The molecule has 3 aliphatic carbocycles. The maximum Gasteiger partial charge on any atom is 0.482 e. The van der Waals surface area contributed by atoms with Gasteiger partial charge in [0.25, 0.3) is 0 Å². The minimum atomic E-state index is -0.472. The van der Waals surface area contributed by atoms with Crippen molar-refractivity contribution >= 4 is 13.2 Å². The third kappa shape index (κ3) is 4.08. The van der Waals surface area contributed by atoms with Crippen molar-refractivity contribution in [2.45, 2.75) is 83.0 Å². The Labute approximate surface area is 192 Å². The van der Waals surface area contributed by atoms with E-state index < -0.39 is 13.2 Å². The van der Waals surface area contributed by atoms with Crippen molar-refractivity contribution in [2.24, 2.45) is 17.3 Å². The predicted octanol–water partition coefficient (Wildman–Crippen LogP) is 3.73. The second kappa shape index (κ2) is 8.66. The second-order valence-electron chi connectivity index (χ2n) is 11.0. The van der Waals surface area contributed by atoms with Crippen LogP contribution in [0.2, 0.25) is 0 Å². The van der Waals surface area contributed by atoms with Gasteiger partial charge in [-0.1, -0.05) is 50.6 Å². The number of piperidine rings is 1. The molecule has 32 heavy (non-hydrogen) atoms. The normalized spacial score (nSPS) is 36.0. The Balaban J connectivity index is 1.27. The lowest BCUT2D eigenvalue weighted by Crippen LogP contribution is -2.65. The Morgan fingerprint density at radius 2 is 2.06 bits per heavy atom. The number of rotatable bonds is 6. The van der Waals surface area contributed by atoms with Gasteiger partial charge in [0.2, 0.25) is 0 Å². The first-order valence-corrected chi connectivity index (χ1v) is 12.4. The lowest BCUT2D eigenvalue weighted by atomic mass is 9.43. The van der Waals surface area contributed by atoms with Crippen molar-refractivity contribution in [3.63, 3.8) is 0 Å². The first kappa shape index (κ1) is 22.2. The van der Waals surface area contributed by atoms with Crippen molar-refractivity contribution in [2.75, 3.05) is 13.2 Å². The summed E-state index contributed by atoms with van der Waals surface area (Å²) in [4.78, 5) is 12.7. The first-order chi connectivity index (χ1) is 15.4. The molecule has 1 aromatic rings. The average Bonchev–Trinajstić information content (AvgIpc) is 3.16. The molecule has 3 saturated carbocycles. The number of hydrogen-bond donors (Lipinski definition) is 2. The van der Waals surface area contributed by atoms with E-state index in [1.54, 1.807) is 0 Å². The topological polar surface area (TPSA) is 68.8 Å². The summed E-state index contributed by atoms with van der Waals surface area (Å²) in [6.07, 6.45) is 6.01. The van der Waals surface area contributed by atoms with Gasteiger partial charge in [0.05, 0.1) is 17.6 Å². The highest BCUT2D eigenvalue weighted by atomic mass is 16.7. The lowest BCUT2D eigenvalue weighted by Gasteiger charge is -2.64. The molecule has 174 valence electrons. The molecular formula is C25H37BN2O4. The van der Waals surface area contributed by atoms with Crippen LogP contribution in [0.15, 0.2) is 30.3 Å². The van der Waals surface area contributed by atoms with Crippen LogP contribution in [0.3, 0.4) is 0 Å². The first-order valence-electron chi connectivity index (χ1n) is 12.4. The molecule has 2 bridgehead atoms. The highest BCUT2D eigenvalue weighted by Crippen LogP contribution is 2.65. The molecule has 6 atom stereocenters. The van der Waals surface area contributed by atoms with E-state index >= 15 is 0 Å². The molecule has 6 rings (SSSR count). The predicted molar refractivity (Wildman–Crippen MR) is 124 cm³/mol. The SMILES string of the molecule is CC1(C)[C@@H]2C[C@H]3OB([C@H](Cc4ccccc4)NC(=O)OC[C@@H]4CCCCN4)O[C@@]3(C)[C@H]1C2. The highest BCUT2D eigenvalue weighted by Gasteiger charge is 2.68. The van der Waals surface area contributed by atoms with Crippen LogP contribution in [0.5, 0.6) is 0 Å². The van der Waals surface area contributed by atoms with Gasteiger partial charge in [-0.25, -0.2) is 4.79 Å². The fourth-order valence-electron chi connectivity index (χ4n) is 6.59. The van der Waals surface area contributed by atoms with Gasteiger partial charge in [-0.2, -0.15) is 0 Å². The van der Waals surface area contributed by atoms with Crippen LogP contribution >= 0.6 is 0 Å². The van der Waals surface area contributed by atoms with Gasteiger partial charge in [-0.3, -0.25) is 0 Å². The molecule has 7 heteroatoms. The van der Waals surface area contributed by atoms with Gasteiger partial charge in [0.15, 0.2) is 0 Å². The molecule has 5 aliphatic rings. The smallest absolute Gasteiger partial charge is 0.448 e. The summed E-state index contributed by atoms with van der Waals surface area (Å²) in [6.45, 7) is 8.33. The summed E-state index contributed by atoms with van der Waals surface area (Å²) in [5.41, 5.74) is 1.14. The minimum absolute atomic E-state index is 0.0896. The average molecular weight is 440 g/mol. The molecule has 0 spiro atoms. The summed E-state index contributed by atoms with van der Waals surface area (Å²) in [5, 5.41) is 6.51. The van der Waals surface area contributed by atoms with Crippen LogP contribution in [0.25, 0.3) is 0 Å². The van der Waals surface area contributed by atoms with Gasteiger partial charge in [-0.05, 0) is 68.4 Å². The van der Waals surface area contributed by atoms with Crippen molar-refractivity contribution in [1.82, 2.24) is 10.6 Å². The number of carbonyl (C=O) groups excluding carboxylic acids is 1. The molecule has 0 radical (unpaired) electrons. The van der Waals surface area contributed by atoms with E-state index in [9.17, 15) is 4.79 Å². The lowest BCUT2D eigenvalue weighted by molar-refractivity contribution is -0.199. The van der Waals surface area contributed by atoms with E-state index in [4.69, 9.17) is 14.0 Å². The number of amides is 1. The minimum Gasteiger partial charge on any atom is -0.448 e. The molecule has 2 heterocycles. The summed E-state index contributed by atoms with van der Waals surface area (Å²) in [5.74, 6) is 0.888. The van der Waals surface area contributed by atoms with Crippen molar-refractivity contribution in [1.29, 1.82) is 0 Å². The number of carbonyl (C=O) groups is 1. The zero-order valence-corrected chi connectivity index (χ0v) is 19.6. The molecule has 2 N–H and O–H groups in total. The molecule has 2 saturated heterocycles. The van der Waals surface area contributed by atoms with E-state index in [0.717, 1.165) is 24.9 Å². The van der Waals surface area contributed by atoms with E-state index in [1.165, 1.54) is 19.3 Å². The van der Waals surface area contributed by atoms with Gasteiger partial charge in [0.1, 0.15) is 6.61 Å². The standard InChI is InChI=1S/C25H37BN2O4/c1-24(2)18-14-20(24)25(3)21(15-18)31-26(32-25)22(13-17-9-5-4-6-10-17)28-23(29)30-16-19-11-7-8-12-27-19/h4-6,9-10,18-22,27H,7-8,11-16H2,1-3H3,(H,28,29)/t18-,19-,20-,21+,22-,25-/m0/s1. The summed E-state index contributed by atoms with van der Waals surface area (Å²) in [7, 11) is -0.472. The molecule has 5 fully saturated rings. The molecule has 1 aromatic carbocycles. The Bertz CT molecular complexity index is 815. The number of hydrogen-bond acceptors (Lipinski definition) is 5. The largest absolute Gasteiger partial charge is 0.482 e. The monoisotopic (exact) mass is 440 g/mol. The van der Waals surface area contributed by atoms with Crippen LogP contribution in [0.4, 0.5) is 4.79 Å². The second-order valence-corrected chi connectivity index (χ2v) is 11.0. The van der Waals surface area contributed by atoms with Crippen LogP contribution in [0.1, 0.15) is 58.4 Å². The van der Waals surface area contributed by atoms with E-state index in [-0.39, 0.29) is 29.1 Å². The van der Waals surface area contributed by atoms with Crippen LogP contribution in [-0.4, -0.2) is 50.1 Å². The third-order valence-corrected chi connectivity index (χ3v) is 8.73. The number of alkyl carbamates (subject to hydrolysis) is 1. The Hall–Kier alpha value is -1.57. The maximum absolute atomic E-state index is 12.7. The van der Waals surface area contributed by atoms with E-state index in [1.807, 2.05) is 18.2 Å². The zero-order valence-electron chi connectivity index (χ0n) is 19.6. The quantitative estimate of drug-likeness (QED) is 0.660. The van der Waals surface area contributed by atoms with Crippen LogP contribution in [0, 0.1) is 17.3 Å². The molecule has 1 amide bonds. The van der Waals surface area contributed by atoms with E-state index in [0.29, 0.717) is 24.9 Å². The van der Waals surface area contributed by atoms with Gasteiger partial charge in [-0.15, -0.1) is 0 Å². The zero-order chi connectivity index (χ0) is 22.3. The third-order valence-electron chi connectivity index (χ3n) is 8.73. The summed E-state index contributed by atoms with van der Waals surface area (Å²) in [6, 6.07) is 10.5. The Morgan fingerprint density at radius 1 is 1.25 bits per heavy atom. The van der Waals surface area contributed by atoms with Crippen molar-refractivity contribution in [3.05, 3.63) is 35.9 Å². The Morgan fingerprint density at radius 3 is 2.78 bits per heavy atom.